The SMILES string of the molecule is CC1(c2ccco2)NC(=O)N(NC(=O)Cc2csc(-c3ccccc3)n2)C1=O. The zero-order valence-electron chi connectivity index (χ0n) is 14.8. The lowest BCUT2D eigenvalue weighted by Gasteiger charge is -2.19. The topological polar surface area (TPSA) is 105 Å². The van der Waals surface area contributed by atoms with Gasteiger partial charge >= 0.3 is 6.03 Å². The first-order valence-corrected chi connectivity index (χ1v) is 9.35. The van der Waals surface area contributed by atoms with Crippen LogP contribution >= 0.6 is 11.3 Å². The molecule has 4 amide bonds. The van der Waals surface area contributed by atoms with Gasteiger partial charge in [0.05, 0.1) is 18.4 Å². The zero-order chi connectivity index (χ0) is 19.7. The molecule has 0 spiro atoms. The fourth-order valence-corrected chi connectivity index (χ4v) is 3.73. The number of hydrogen-bond acceptors (Lipinski definition) is 6. The third-order valence-electron chi connectivity index (χ3n) is 4.36. The van der Waals surface area contributed by atoms with Gasteiger partial charge in [-0.1, -0.05) is 30.3 Å². The summed E-state index contributed by atoms with van der Waals surface area (Å²) in [5.74, 6) is -0.851. The second kappa shape index (κ2) is 6.93. The molecule has 1 aromatic carbocycles. The molecule has 2 aromatic heterocycles. The minimum Gasteiger partial charge on any atom is -0.466 e. The van der Waals surface area contributed by atoms with Crippen LogP contribution < -0.4 is 10.7 Å². The third kappa shape index (κ3) is 3.16. The third-order valence-corrected chi connectivity index (χ3v) is 5.30. The number of hydrazine groups is 1. The summed E-state index contributed by atoms with van der Waals surface area (Å²) in [5.41, 5.74) is 2.50. The molecule has 0 bridgehead atoms. The van der Waals surface area contributed by atoms with Gasteiger partial charge < -0.3 is 9.73 Å². The Labute approximate surface area is 164 Å². The Hall–Kier alpha value is -3.46. The highest BCUT2D eigenvalue weighted by molar-refractivity contribution is 7.13. The van der Waals surface area contributed by atoms with E-state index in [1.807, 2.05) is 30.3 Å². The number of amides is 4. The van der Waals surface area contributed by atoms with Gasteiger partial charge in [0.1, 0.15) is 10.8 Å². The quantitative estimate of drug-likeness (QED) is 0.645. The lowest BCUT2D eigenvalue weighted by molar-refractivity contribution is -0.139. The molecule has 8 nitrogen and oxygen atoms in total. The molecule has 1 fully saturated rings. The molecule has 0 aliphatic carbocycles. The predicted molar refractivity (Wildman–Crippen MR) is 101 cm³/mol. The summed E-state index contributed by atoms with van der Waals surface area (Å²) in [6, 6.07) is 12.1. The van der Waals surface area contributed by atoms with E-state index in [9.17, 15) is 14.4 Å². The van der Waals surface area contributed by atoms with Gasteiger partial charge in [0.2, 0.25) is 5.91 Å². The van der Waals surface area contributed by atoms with Crippen LogP contribution in [0.25, 0.3) is 10.6 Å². The number of nitrogens with one attached hydrogen (secondary N) is 2. The summed E-state index contributed by atoms with van der Waals surface area (Å²) < 4.78 is 5.25. The van der Waals surface area contributed by atoms with Gasteiger partial charge in [0.15, 0.2) is 5.54 Å². The number of carbonyl (C=O) groups excluding carboxylic acids is 3. The van der Waals surface area contributed by atoms with Crippen LogP contribution in [0.4, 0.5) is 4.79 Å². The van der Waals surface area contributed by atoms with Gasteiger partial charge in [-0.2, -0.15) is 5.01 Å². The van der Waals surface area contributed by atoms with Crippen molar-refractivity contribution in [3.63, 3.8) is 0 Å². The predicted octanol–water partition coefficient (Wildman–Crippen LogP) is 2.44. The van der Waals surface area contributed by atoms with E-state index < -0.39 is 23.4 Å². The van der Waals surface area contributed by atoms with E-state index in [0.29, 0.717) is 10.7 Å². The van der Waals surface area contributed by atoms with Crippen LogP contribution in [0.15, 0.2) is 58.5 Å². The molecule has 9 heteroatoms. The smallest absolute Gasteiger partial charge is 0.344 e. The molecule has 142 valence electrons. The number of imide groups is 1. The van der Waals surface area contributed by atoms with Crippen LogP contribution in [-0.4, -0.2) is 27.8 Å². The normalized spacial score (nSPS) is 19.0. The second-order valence-corrected chi connectivity index (χ2v) is 7.25. The Morgan fingerprint density at radius 2 is 2.04 bits per heavy atom. The minimum absolute atomic E-state index is 0.0577. The maximum atomic E-state index is 12.7. The molecule has 1 aliphatic heterocycles. The lowest BCUT2D eigenvalue weighted by atomic mass is 10.00. The number of aromatic nitrogens is 1. The number of hydrogen-bond donors (Lipinski definition) is 2. The molecular formula is C19H16N4O4S. The maximum absolute atomic E-state index is 12.7. The van der Waals surface area contributed by atoms with Crippen LogP contribution in [0.5, 0.6) is 0 Å². The van der Waals surface area contributed by atoms with E-state index in [-0.39, 0.29) is 12.2 Å². The highest BCUT2D eigenvalue weighted by Crippen LogP contribution is 2.28. The summed E-state index contributed by atoms with van der Waals surface area (Å²) in [6.45, 7) is 1.52. The van der Waals surface area contributed by atoms with Crippen molar-refractivity contribution in [1.82, 2.24) is 20.7 Å². The van der Waals surface area contributed by atoms with E-state index in [1.165, 1.54) is 24.5 Å². The zero-order valence-corrected chi connectivity index (χ0v) is 15.7. The van der Waals surface area contributed by atoms with Crippen molar-refractivity contribution in [3.8, 4) is 10.6 Å². The van der Waals surface area contributed by atoms with Crippen LogP contribution in [-0.2, 0) is 21.5 Å². The Bertz CT molecular complexity index is 1030. The molecule has 1 saturated heterocycles. The van der Waals surface area contributed by atoms with E-state index in [2.05, 4.69) is 15.7 Å². The number of urea groups is 1. The Morgan fingerprint density at radius 1 is 1.25 bits per heavy atom. The van der Waals surface area contributed by atoms with Gasteiger partial charge in [0.25, 0.3) is 5.91 Å². The van der Waals surface area contributed by atoms with Crippen molar-refractivity contribution in [2.45, 2.75) is 18.9 Å². The highest BCUT2D eigenvalue weighted by Gasteiger charge is 2.51. The molecule has 4 rings (SSSR count). The number of rotatable bonds is 5. The van der Waals surface area contributed by atoms with Crippen molar-refractivity contribution < 1.29 is 18.8 Å². The van der Waals surface area contributed by atoms with Crippen LogP contribution in [0.3, 0.4) is 0 Å². The maximum Gasteiger partial charge on any atom is 0.344 e. The number of thiazole rings is 1. The number of carbonyl (C=O) groups is 3. The van der Waals surface area contributed by atoms with Crippen LogP contribution in [0, 0.1) is 0 Å². The van der Waals surface area contributed by atoms with Gasteiger partial charge in [-0.15, -0.1) is 11.3 Å². The largest absolute Gasteiger partial charge is 0.466 e. The van der Waals surface area contributed by atoms with E-state index in [1.54, 1.807) is 17.5 Å². The van der Waals surface area contributed by atoms with Crippen molar-refractivity contribution in [2.75, 3.05) is 0 Å². The van der Waals surface area contributed by atoms with Gasteiger partial charge in [-0.05, 0) is 19.1 Å². The average Bonchev–Trinajstić information content (AvgIpc) is 3.41. The minimum atomic E-state index is -1.37. The van der Waals surface area contributed by atoms with Crippen molar-refractivity contribution in [3.05, 3.63) is 65.6 Å². The van der Waals surface area contributed by atoms with Gasteiger partial charge in [-0.3, -0.25) is 15.0 Å². The van der Waals surface area contributed by atoms with Gasteiger partial charge in [0, 0.05) is 10.9 Å². The fraction of sp³-hybridized carbons (Fsp3) is 0.158. The van der Waals surface area contributed by atoms with E-state index in [0.717, 1.165) is 10.6 Å². The van der Waals surface area contributed by atoms with E-state index in [4.69, 9.17) is 4.42 Å². The average molecular weight is 396 g/mol. The van der Waals surface area contributed by atoms with Crippen LogP contribution in [0.2, 0.25) is 0 Å². The number of benzene rings is 1. The lowest BCUT2D eigenvalue weighted by Crippen LogP contribution is -2.48. The molecule has 1 aliphatic rings. The Kier molecular flexibility index (Phi) is 4.44. The Balaban J connectivity index is 1.44. The summed E-state index contributed by atoms with van der Waals surface area (Å²) in [4.78, 5) is 41.7. The molecule has 0 saturated carbocycles. The van der Waals surface area contributed by atoms with Crippen molar-refractivity contribution >= 4 is 29.2 Å². The molecule has 1 atom stereocenters. The van der Waals surface area contributed by atoms with E-state index >= 15 is 0 Å². The second-order valence-electron chi connectivity index (χ2n) is 6.39. The van der Waals surface area contributed by atoms with Gasteiger partial charge in [-0.25, -0.2) is 9.78 Å². The standard InChI is InChI=1S/C19H16N4O4S/c1-19(14-8-5-9-27-14)17(25)23(18(26)21-19)22-15(24)10-13-11-28-16(20-13)12-6-3-2-4-7-12/h2-9,11H,10H2,1H3,(H,21,26)(H,22,24). The number of furan rings is 1. The molecule has 0 radical (unpaired) electrons. The van der Waals surface area contributed by atoms with Crippen LogP contribution in [0.1, 0.15) is 18.4 Å². The van der Waals surface area contributed by atoms with Crippen molar-refractivity contribution in [2.24, 2.45) is 0 Å². The molecular weight excluding hydrogens is 380 g/mol. The first-order chi connectivity index (χ1) is 13.5. The first-order valence-electron chi connectivity index (χ1n) is 8.47. The molecule has 2 N–H and O–H groups in total. The first kappa shape index (κ1) is 17.9. The fourth-order valence-electron chi connectivity index (χ4n) is 2.90. The summed E-state index contributed by atoms with van der Waals surface area (Å²) >= 11 is 1.42. The van der Waals surface area contributed by atoms with Crippen molar-refractivity contribution in [1.29, 1.82) is 0 Å². The Morgan fingerprint density at radius 3 is 2.75 bits per heavy atom. The molecule has 1 unspecified atom stereocenters. The molecule has 28 heavy (non-hydrogen) atoms. The monoisotopic (exact) mass is 396 g/mol. The molecule has 3 heterocycles. The molecule has 3 aromatic rings. The number of nitrogens with zero attached hydrogens (tertiary/aromatic N) is 2. The summed E-state index contributed by atoms with van der Waals surface area (Å²) in [5, 5.41) is 5.79. The summed E-state index contributed by atoms with van der Waals surface area (Å²) in [6.07, 6.45) is 1.35. The summed E-state index contributed by atoms with van der Waals surface area (Å²) in [7, 11) is 0. The highest BCUT2D eigenvalue weighted by atomic mass is 32.1.